The fourth-order valence-electron chi connectivity index (χ4n) is 3.22. The summed E-state index contributed by atoms with van der Waals surface area (Å²) in [5, 5.41) is 0.656. The molecule has 1 saturated heterocycles. The van der Waals surface area contributed by atoms with Gasteiger partial charge in [-0.05, 0) is 31.1 Å². The molecule has 0 aromatic carbocycles. The zero-order chi connectivity index (χ0) is 17.8. The van der Waals surface area contributed by atoms with Crippen LogP contribution in [0.3, 0.4) is 0 Å². The highest BCUT2D eigenvalue weighted by molar-refractivity contribution is 6.01. The van der Waals surface area contributed by atoms with Gasteiger partial charge >= 0.3 is 5.97 Å². The Hall–Kier alpha value is -1.39. The van der Waals surface area contributed by atoms with E-state index < -0.39 is 23.2 Å². The van der Waals surface area contributed by atoms with Crippen molar-refractivity contribution in [2.45, 2.75) is 80.1 Å². The van der Waals surface area contributed by atoms with Crippen LogP contribution in [-0.4, -0.2) is 22.8 Å². The van der Waals surface area contributed by atoms with E-state index in [4.69, 9.17) is 4.84 Å². The minimum Gasteiger partial charge on any atom is -0.330 e. The molecule has 0 aliphatic carbocycles. The van der Waals surface area contributed by atoms with Gasteiger partial charge in [0, 0.05) is 12.8 Å². The minimum absolute atomic E-state index is 0.0115. The molecule has 0 spiro atoms. The van der Waals surface area contributed by atoms with Crippen molar-refractivity contribution in [1.82, 2.24) is 5.06 Å². The second kappa shape index (κ2) is 7.45. The second-order valence-corrected chi connectivity index (χ2v) is 7.37. The van der Waals surface area contributed by atoms with Crippen molar-refractivity contribution in [2.24, 2.45) is 16.7 Å². The molecule has 2 amide bonds. The molecule has 23 heavy (non-hydrogen) atoms. The molecule has 5 heteroatoms. The Kier molecular flexibility index (Phi) is 6.37. The Balaban J connectivity index is 2.92. The normalized spacial score (nSPS) is 21.7. The van der Waals surface area contributed by atoms with E-state index in [1.807, 2.05) is 13.8 Å². The summed E-state index contributed by atoms with van der Waals surface area (Å²) in [6.45, 7) is 12.5. The van der Waals surface area contributed by atoms with Crippen molar-refractivity contribution >= 4 is 17.8 Å². The summed E-state index contributed by atoms with van der Waals surface area (Å²) >= 11 is 0. The first-order chi connectivity index (χ1) is 10.6. The molecule has 1 aliphatic rings. The fraction of sp³-hybridized carbons (Fsp3) is 0.833. The molecule has 3 atom stereocenters. The Morgan fingerprint density at radius 2 is 1.65 bits per heavy atom. The fourth-order valence-corrected chi connectivity index (χ4v) is 3.22. The van der Waals surface area contributed by atoms with Crippen LogP contribution in [0.1, 0.15) is 80.1 Å². The van der Waals surface area contributed by atoms with Gasteiger partial charge in [0.05, 0.1) is 5.41 Å². The number of hydroxylamine groups is 2. The summed E-state index contributed by atoms with van der Waals surface area (Å²) in [7, 11) is 0. The van der Waals surface area contributed by atoms with Gasteiger partial charge in [0.1, 0.15) is 0 Å². The lowest BCUT2D eigenvalue weighted by atomic mass is 9.64. The predicted molar refractivity (Wildman–Crippen MR) is 88.0 cm³/mol. The van der Waals surface area contributed by atoms with Gasteiger partial charge in [0.25, 0.3) is 11.8 Å². The van der Waals surface area contributed by atoms with Gasteiger partial charge in [-0.1, -0.05) is 47.5 Å². The average molecular weight is 325 g/mol. The van der Waals surface area contributed by atoms with E-state index in [9.17, 15) is 14.4 Å². The number of hydrogen-bond donors (Lipinski definition) is 0. The van der Waals surface area contributed by atoms with Crippen molar-refractivity contribution in [3.8, 4) is 0 Å². The zero-order valence-electron chi connectivity index (χ0n) is 15.4. The van der Waals surface area contributed by atoms with E-state index in [0.717, 1.165) is 12.8 Å². The third kappa shape index (κ3) is 4.12. The van der Waals surface area contributed by atoms with Crippen molar-refractivity contribution in [3.05, 3.63) is 0 Å². The largest absolute Gasteiger partial charge is 0.339 e. The highest BCUT2D eigenvalue weighted by Crippen LogP contribution is 2.45. The smallest absolute Gasteiger partial charge is 0.330 e. The maximum Gasteiger partial charge on any atom is 0.339 e. The molecule has 132 valence electrons. The summed E-state index contributed by atoms with van der Waals surface area (Å²) in [6.07, 6.45) is 3.53. The third-order valence-electron chi connectivity index (χ3n) is 5.86. The summed E-state index contributed by atoms with van der Waals surface area (Å²) in [5.41, 5.74) is -0.700. The van der Waals surface area contributed by atoms with Gasteiger partial charge in [0.2, 0.25) is 0 Å². The second-order valence-electron chi connectivity index (χ2n) is 7.37. The summed E-state index contributed by atoms with van der Waals surface area (Å²) < 4.78 is 0. The van der Waals surface area contributed by atoms with Gasteiger partial charge in [-0.15, -0.1) is 5.06 Å². The number of rotatable bonds is 8. The molecule has 0 N–H and O–H groups in total. The Bertz CT molecular complexity index is 460. The molecule has 3 unspecified atom stereocenters. The van der Waals surface area contributed by atoms with Crippen LogP contribution in [0.15, 0.2) is 0 Å². The number of amides is 2. The molecule has 1 fully saturated rings. The average Bonchev–Trinajstić information content (AvgIpc) is 2.85. The third-order valence-corrected chi connectivity index (χ3v) is 5.86. The Labute approximate surface area is 139 Å². The number of hydrogen-bond acceptors (Lipinski definition) is 4. The quantitative estimate of drug-likeness (QED) is 0.636. The molecular weight excluding hydrogens is 294 g/mol. The molecule has 0 aromatic rings. The van der Waals surface area contributed by atoms with Gasteiger partial charge < -0.3 is 4.84 Å². The predicted octanol–water partition coefficient (Wildman–Crippen LogP) is 3.86. The van der Waals surface area contributed by atoms with E-state index in [1.54, 1.807) is 0 Å². The van der Waals surface area contributed by atoms with Crippen LogP contribution in [-0.2, 0) is 19.2 Å². The molecule has 1 aliphatic heterocycles. The Morgan fingerprint density at radius 1 is 1.13 bits per heavy atom. The lowest BCUT2D eigenvalue weighted by Crippen LogP contribution is -2.42. The van der Waals surface area contributed by atoms with Crippen LogP contribution in [0, 0.1) is 16.7 Å². The Morgan fingerprint density at radius 3 is 2.04 bits per heavy atom. The van der Waals surface area contributed by atoms with Crippen molar-refractivity contribution in [1.29, 1.82) is 0 Å². The molecule has 1 heterocycles. The monoisotopic (exact) mass is 325 g/mol. The summed E-state index contributed by atoms with van der Waals surface area (Å²) in [6, 6.07) is 0. The van der Waals surface area contributed by atoms with Crippen LogP contribution < -0.4 is 0 Å². The van der Waals surface area contributed by atoms with E-state index in [-0.39, 0.29) is 18.3 Å². The topological polar surface area (TPSA) is 63.7 Å². The van der Waals surface area contributed by atoms with Crippen molar-refractivity contribution < 1.29 is 19.2 Å². The van der Waals surface area contributed by atoms with E-state index >= 15 is 0 Å². The number of nitrogens with zero attached hydrogens (tertiary/aromatic N) is 1. The van der Waals surface area contributed by atoms with Crippen LogP contribution in [0.25, 0.3) is 0 Å². The molecule has 0 saturated carbocycles. The molecule has 0 radical (unpaired) electrons. The highest BCUT2D eigenvalue weighted by atomic mass is 16.7. The van der Waals surface area contributed by atoms with Crippen molar-refractivity contribution in [3.63, 3.8) is 0 Å². The number of carbonyl (C=O) groups excluding carboxylic acids is 3. The van der Waals surface area contributed by atoms with Gasteiger partial charge in [-0.2, -0.15) is 0 Å². The first kappa shape index (κ1) is 19.7. The lowest BCUT2D eigenvalue weighted by molar-refractivity contribution is -0.206. The van der Waals surface area contributed by atoms with Crippen LogP contribution >= 0.6 is 0 Å². The summed E-state index contributed by atoms with van der Waals surface area (Å²) in [4.78, 5) is 41.2. The zero-order valence-corrected chi connectivity index (χ0v) is 15.4. The molecule has 5 nitrogen and oxygen atoms in total. The van der Waals surface area contributed by atoms with E-state index in [0.29, 0.717) is 23.8 Å². The molecular formula is C18H31NO4. The van der Waals surface area contributed by atoms with Gasteiger partial charge in [-0.25, -0.2) is 4.79 Å². The SMILES string of the molecule is CCC(C)C(C)(CC)CC(C)(CC)C(=O)ON1C(=O)CCC1=O. The molecule has 1 rings (SSSR count). The maximum absolute atomic E-state index is 12.7. The minimum atomic E-state index is -0.711. The van der Waals surface area contributed by atoms with Crippen molar-refractivity contribution in [2.75, 3.05) is 0 Å². The first-order valence-electron chi connectivity index (χ1n) is 8.71. The van der Waals surface area contributed by atoms with E-state index in [1.165, 1.54) is 0 Å². The molecule has 0 bridgehead atoms. The molecule has 0 aromatic heterocycles. The summed E-state index contributed by atoms with van der Waals surface area (Å²) in [5.74, 6) is -0.864. The number of carbonyl (C=O) groups is 3. The lowest BCUT2D eigenvalue weighted by Gasteiger charge is -2.41. The first-order valence-corrected chi connectivity index (χ1v) is 8.71. The standard InChI is InChI=1S/C18H31NO4/c1-7-13(4)17(5,8-2)12-18(6,9-3)16(22)23-19-14(20)10-11-15(19)21/h13H,7-12H2,1-6H3. The van der Waals surface area contributed by atoms with Gasteiger partial charge in [-0.3, -0.25) is 9.59 Å². The number of imide groups is 1. The van der Waals surface area contributed by atoms with Crippen LogP contribution in [0.4, 0.5) is 0 Å². The van der Waals surface area contributed by atoms with Gasteiger partial charge in [0.15, 0.2) is 0 Å². The van der Waals surface area contributed by atoms with Crippen LogP contribution in [0.2, 0.25) is 0 Å². The van der Waals surface area contributed by atoms with Crippen LogP contribution in [0.5, 0.6) is 0 Å². The highest BCUT2D eigenvalue weighted by Gasteiger charge is 2.44. The maximum atomic E-state index is 12.7. The van der Waals surface area contributed by atoms with E-state index in [2.05, 4.69) is 27.7 Å².